The molecule has 0 aliphatic carbocycles. The lowest BCUT2D eigenvalue weighted by molar-refractivity contribution is -0.121. The maximum atomic E-state index is 13.9. The van der Waals surface area contributed by atoms with Crippen LogP contribution in [-0.4, -0.2) is 54.4 Å². The van der Waals surface area contributed by atoms with Crippen molar-refractivity contribution in [3.05, 3.63) is 58.6 Å². The number of hydrogen-bond donors (Lipinski definition) is 1. The number of nitrogens with zero attached hydrogens (tertiary/aromatic N) is 2. The third kappa shape index (κ3) is 5.18. The zero-order chi connectivity index (χ0) is 22.7. The Morgan fingerprint density at radius 3 is 2.38 bits per heavy atom. The first kappa shape index (κ1) is 22.9. The number of carbonyl (C=O) groups is 2. The zero-order valence-corrected chi connectivity index (χ0v) is 19.0. The van der Waals surface area contributed by atoms with E-state index < -0.39 is 17.5 Å². The topological polar surface area (TPSA) is 52.7 Å². The van der Waals surface area contributed by atoms with Crippen LogP contribution >= 0.6 is 23.4 Å². The Morgan fingerprint density at radius 2 is 1.72 bits per heavy atom. The monoisotopic (exact) mass is 479 g/mol. The first-order valence-electron chi connectivity index (χ1n) is 10.6. The van der Waals surface area contributed by atoms with E-state index in [1.807, 2.05) is 23.9 Å². The van der Waals surface area contributed by atoms with Crippen molar-refractivity contribution < 1.29 is 18.4 Å². The Morgan fingerprint density at radius 1 is 1.00 bits per heavy atom. The number of anilines is 2. The van der Waals surface area contributed by atoms with Crippen LogP contribution in [0.4, 0.5) is 20.2 Å². The third-order valence-electron chi connectivity index (χ3n) is 5.88. The number of nitrogens with one attached hydrogen (secondary N) is 1. The van der Waals surface area contributed by atoms with E-state index in [9.17, 15) is 18.4 Å². The molecule has 0 radical (unpaired) electrons. The summed E-state index contributed by atoms with van der Waals surface area (Å²) in [6, 6.07) is 8.49. The summed E-state index contributed by atoms with van der Waals surface area (Å²) in [5.41, 5.74) is 1.46. The molecule has 0 atom stereocenters. The summed E-state index contributed by atoms with van der Waals surface area (Å²) in [4.78, 5) is 29.0. The highest BCUT2D eigenvalue weighted by Gasteiger charge is 2.29. The summed E-state index contributed by atoms with van der Waals surface area (Å²) in [5.74, 6) is -0.318. The number of amides is 2. The SMILES string of the molecule is O=C(Nc1ccc(N2CCSCC2)c(Cl)c1)C1CCN(C(=O)c2ccc(F)cc2F)CC1. The van der Waals surface area contributed by atoms with Gasteiger partial charge in [0.1, 0.15) is 11.6 Å². The van der Waals surface area contributed by atoms with Crippen molar-refractivity contribution in [2.24, 2.45) is 5.92 Å². The van der Waals surface area contributed by atoms with Gasteiger partial charge in [-0.3, -0.25) is 9.59 Å². The van der Waals surface area contributed by atoms with E-state index >= 15 is 0 Å². The lowest BCUT2D eigenvalue weighted by Crippen LogP contribution is -2.41. The van der Waals surface area contributed by atoms with Crippen molar-refractivity contribution >= 4 is 46.6 Å². The molecule has 2 aromatic rings. The number of likely N-dealkylation sites (tertiary alicyclic amines) is 1. The Labute approximate surface area is 195 Å². The maximum Gasteiger partial charge on any atom is 0.256 e. The second kappa shape index (κ2) is 10.1. The van der Waals surface area contributed by atoms with Crippen LogP contribution in [-0.2, 0) is 4.79 Å². The summed E-state index contributed by atoms with van der Waals surface area (Å²) >= 11 is 8.40. The molecule has 4 rings (SSSR count). The van der Waals surface area contributed by atoms with Gasteiger partial charge >= 0.3 is 0 Å². The van der Waals surface area contributed by atoms with Crippen LogP contribution in [0, 0.1) is 17.6 Å². The number of halogens is 3. The first-order valence-corrected chi connectivity index (χ1v) is 12.1. The molecule has 0 bridgehead atoms. The number of rotatable bonds is 4. The van der Waals surface area contributed by atoms with Crippen LogP contribution in [0.2, 0.25) is 5.02 Å². The number of thioether (sulfide) groups is 1. The van der Waals surface area contributed by atoms with Crippen molar-refractivity contribution in [3.63, 3.8) is 0 Å². The van der Waals surface area contributed by atoms with Crippen LogP contribution in [0.5, 0.6) is 0 Å². The minimum Gasteiger partial charge on any atom is -0.369 e. The van der Waals surface area contributed by atoms with Gasteiger partial charge in [0.05, 0.1) is 16.3 Å². The molecule has 0 unspecified atom stereocenters. The van der Waals surface area contributed by atoms with Gasteiger partial charge in [-0.05, 0) is 43.2 Å². The van der Waals surface area contributed by atoms with Gasteiger partial charge in [0.2, 0.25) is 5.91 Å². The van der Waals surface area contributed by atoms with Crippen molar-refractivity contribution in [1.29, 1.82) is 0 Å². The van der Waals surface area contributed by atoms with Crippen molar-refractivity contribution in [3.8, 4) is 0 Å². The maximum absolute atomic E-state index is 13.9. The van der Waals surface area contributed by atoms with E-state index in [4.69, 9.17) is 11.6 Å². The molecule has 2 aromatic carbocycles. The average Bonchev–Trinajstić information content (AvgIpc) is 2.79. The average molecular weight is 480 g/mol. The number of piperidine rings is 1. The Hall–Kier alpha value is -2.32. The smallest absolute Gasteiger partial charge is 0.256 e. The quantitative estimate of drug-likeness (QED) is 0.692. The van der Waals surface area contributed by atoms with E-state index in [0.29, 0.717) is 42.7 Å². The lowest BCUT2D eigenvalue weighted by atomic mass is 9.95. The summed E-state index contributed by atoms with van der Waals surface area (Å²) in [6.45, 7) is 2.57. The van der Waals surface area contributed by atoms with E-state index in [1.165, 1.54) is 4.90 Å². The van der Waals surface area contributed by atoms with Crippen LogP contribution in [0.3, 0.4) is 0 Å². The van der Waals surface area contributed by atoms with Gasteiger partial charge in [0, 0.05) is 55.4 Å². The second-order valence-corrected chi connectivity index (χ2v) is 9.58. The van der Waals surface area contributed by atoms with Gasteiger partial charge in [0.15, 0.2) is 0 Å². The molecule has 2 saturated heterocycles. The van der Waals surface area contributed by atoms with Gasteiger partial charge in [-0.1, -0.05) is 11.6 Å². The molecular weight excluding hydrogens is 456 g/mol. The summed E-state index contributed by atoms with van der Waals surface area (Å²) in [6.07, 6.45) is 0.940. The molecule has 1 N–H and O–H groups in total. The van der Waals surface area contributed by atoms with Gasteiger partial charge < -0.3 is 15.1 Å². The molecule has 0 spiro atoms. The fourth-order valence-electron chi connectivity index (χ4n) is 4.07. The fourth-order valence-corrected chi connectivity index (χ4v) is 5.27. The molecular formula is C23H24ClF2N3O2S. The molecule has 9 heteroatoms. The summed E-state index contributed by atoms with van der Waals surface area (Å²) in [5, 5.41) is 3.53. The van der Waals surface area contributed by atoms with Gasteiger partial charge in [-0.25, -0.2) is 8.78 Å². The molecule has 0 saturated carbocycles. The fraction of sp³-hybridized carbons (Fsp3) is 0.391. The molecule has 2 heterocycles. The van der Waals surface area contributed by atoms with Gasteiger partial charge in [-0.15, -0.1) is 0 Å². The standard InChI is InChI=1S/C23H24ClF2N3O2S/c24-19-14-17(2-4-21(19)28-9-11-32-12-10-28)27-22(30)15-5-7-29(8-6-15)23(31)18-3-1-16(25)13-20(18)26/h1-4,13-15H,5-12H2,(H,27,30). The van der Waals surface area contributed by atoms with E-state index in [1.54, 1.807) is 6.07 Å². The molecule has 170 valence electrons. The normalized spacial score (nSPS) is 17.3. The molecule has 5 nitrogen and oxygen atoms in total. The number of carbonyl (C=O) groups excluding carboxylic acids is 2. The van der Waals surface area contributed by atoms with E-state index in [2.05, 4.69) is 10.2 Å². The number of benzene rings is 2. The molecule has 0 aromatic heterocycles. The summed E-state index contributed by atoms with van der Waals surface area (Å²) < 4.78 is 27.0. The molecule has 32 heavy (non-hydrogen) atoms. The second-order valence-electron chi connectivity index (χ2n) is 7.95. The van der Waals surface area contributed by atoms with Crippen LogP contribution in [0.15, 0.2) is 36.4 Å². The molecule has 2 fully saturated rings. The first-order chi connectivity index (χ1) is 15.4. The number of hydrogen-bond acceptors (Lipinski definition) is 4. The minimum atomic E-state index is -0.876. The minimum absolute atomic E-state index is 0.122. The Kier molecular flexibility index (Phi) is 7.20. The van der Waals surface area contributed by atoms with Gasteiger partial charge in [0.25, 0.3) is 5.91 Å². The van der Waals surface area contributed by atoms with Crippen LogP contribution in [0.1, 0.15) is 23.2 Å². The summed E-state index contributed by atoms with van der Waals surface area (Å²) in [7, 11) is 0. The molecule has 2 amide bonds. The molecule has 2 aliphatic rings. The lowest BCUT2D eigenvalue weighted by Gasteiger charge is -2.31. The Balaban J connectivity index is 1.32. The van der Waals surface area contributed by atoms with Gasteiger partial charge in [-0.2, -0.15) is 11.8 Å². The largest absolute Gasteiger partial charge is 0.369 e. The van der Waals surface area contributed by atoms with Crippen molar-refractivity contribution in [2.75, 3.05) is 47.9 Å². The molecule has 2 aliphatic heterocycles. The van der Waals surface area contributed by atoms with E-state index in [0.717, 1.165) is 42.4 Å². The van der Waals surface area contributed by atoms with Crippen LogP contribution in [0.25, 0.3) is 0 Å². The highest BCUT2D eigenvalue weighted by molar-refractivity contribution is 7.99. The zero-order valence-electron chi connectivity index (χ0n) is 17.5. The predicted molar refractivity (Wildman–Crippen MR) is 125 cm³/mol. The third-order valence-corrected chi connectivity index (χ3v) is 7.13. The van der Waals surface area contributed by atoms with Crippen LogP contribution < -0.4 is 10.2 Å². The predicted octanol–water partition coefficient (Wildman–Crippen LogP) is 4.66. The Bertz CT molecular complexity index is 1010. The van der Waals surface area contributed by atoms with E-state index in [-0.39, 0.29) is 17.4 Å². The van der Waals surface area contributed by atoms with Crippen molar-refractivity contribution in [2.45, 2.75) is 12.8 Å². The highest BCUT2D eigenvalue weighted by Crippen LogP contribution is 2.31. The van der Waals surface area contributed by atoms with Crippen molar-refractivity contribution in [1.82, 2.24) is 4.90 Å². The highest BCUT2D eigenvalue weighted by atomic mass is 35.5.